The third kappa shape index (κ3) is 8.26. The van der Waals surface area contributed by atoms with Gasteiger partial charge in [-0.1, -0.05) is 33.5 Å². The fourth-order valence-electron chi connectivity index (χ4n) is 1.75. The van der Waals surface area contributed by atoms with Crippen LogP contribution in [0.15, 0.2) is 0 Å². The zero-order valence-corrected chi connectivity index (χ0v) is 12.7. The summed E-state index contributed by atoms with van der Waals surface area (Å²) in [5, 5.41) is 0. The number of alkyl halides is 1. The second-order valence-electron chi connectivity index (χ2n) is 5.05. The molecule has 0 rings (SSSR count). The number of hydrogen-bond donors (Lipinski definition) is 1. The number of nitrogens with one attached hydrogen (secondary N) is 1. The van der Waals surface area contributed by atoms with Gasteiger partial charge in [0.15, 0.2) is 0 Å². The molecule has 0 spiro atoms. The average molecular weight is 251 g/mol. The van der Waals surface area contributed by atoms with Gasteiger partial charge in [-0.3, -0.25) is 0 Å². The van der Waals surface area contributed by atoms with Crippen LogP contribution in [-0.4, -0.2) is 44.7 Å². The Bertz CT molecular complexity index is 155. The van der Waals surface area contributed by atoms with Crippen molar-refractivity contribution in [3.63, 3.8) is 0 Å². The first-order chi connectivity index (χ1) is 6.92. The van der Waals surface area contributed by atoms with E-state index < -0.39 is 8.24 Å². The van der Waals surface area contributed by atoms with Crippen molar-refractivity contribution in [2.75, 3.05) is 25.5 Å². The van der Waals surface area contributed by atoms with Crippen molar-refractivity contribution >= 4 is 19.8 Å². The van der Waals surface area contributed by atoms with Crippen LogP contribution in [0.3, 0.4) is 0 Å². The summed E-state index contributed by atoms with van der Waals surface area (Å²) in [7, 11) is -1.19. The van der Waals surface area contributed by atoms with Crippen molar-refractivity contribution in [2.24, 2.45) is 0 Å². The smallest absolute Gasteiger partial charge is 0.116 e. The summed E-state index contributed by atoms with van der Waals surface area (Å²) in [4.78, 5) is 6.23. The Hall–Kier alpha value is 0.427. The van der Waals surface area contributed by atoms with Crippen molar-refractivity contribution in [2.45, 2.75) is 46.0 Å². The highest BCUT2D eigenvalue weighted by Crippen LogP contribution is 2.04. The molecular weight excluding hydrogens is 224 g/mol. The van der Waals surface area contributed by atoms with Crippen molar-refractivity contribution < 1.29 is 0 Å². The molecule has 0 aliphatic rings. The van der Waals surface area contributed by atoms with Gasteiger partial charge in [-0.15, -0.1) is 11.6 Å². The lowest BCUT2D eigenvalue weighted by Gasteiger charge is -2.31. The van der Waals surface area contributed by atoms with E-state index in [1.807, 2.05) is 0 Å². The molecule has 1 N–H and O–H groups in total. The van der Waals surface area contributed by atoms with Crippen molar-refractivity contribution in [3.8, 4) is 0 Å². The molecule has 0 saturated carbocycles. The van der Waals surface area contributed by atoms with Crippen molar-refractivity contribution in [1.82, 2.24) is 9.88 Å². The van der Waals surface area contributed by atoms with Gasteiger partial charge in [0.1, 0.15) is 8.24 Å². The van der Waals surface area contributed by atoms with E-state index in [9.17, 15) is 0 Å². The third-order valence-corrected chi connectivity index (χ3v) is 3.96. The van der Waals surface area contributed by atoms with Gasteiger partial charge in [0.25, 0.3) is 0 Å². The van der Waals surface area contributed by atoms with Crippen LogP contribution in [-0.2, 0) is 0 Å². The first kappa shape index (κ1) is 15.4. The Morgan fingerprint density at radius 1 is 1.20 bits per heavy atom. The number of halogens is 1. The zero-order valence-electron chi connectivity index (χ0n) is 10.9. The van der Waals surface area contributed by atoms with Crippen LogP contribution in [0.5, 0.6) is 0 Å². The maximum absolute atomic E-state index is 5.85. The lowest BCUT2D eigenvalue weighted by atomic mass is 10.2. The standard InChI is InChI=1S/C11H27ClN2Si/c1-6-14(7-2)10-11(8-9-12)13-15(3,4)5/h11,13H,6-10H2,1-5H3. The second-order valence-corrected chi connectivity index (χ2v) is 10.2. The van der Waals surface area contributed by atoms with Crippen LogP contribution in [0.4, 0.5) is 0 Å². The Balaban J connectivity index is 4.14. The Morgan fingerprint density at radius 2 is 1.73 bits per heavy atom. The van der Waals surface area contributed by atoms with Gasteiger partial charge >= 0.3 is 0 Å². The van der Waals surface area contributed by atoms with Gasteiger partial charge < -0.3 is 9.88 Å². The van der Waals surface area contributed by atoms with Crippen LogP contribution in [0.2, 0.25) is 19.6 Å². The van der Waals surface area contributed by atoms with E-state index in [-0.39, 0.29) is 0 Å². The topological polar surface area (TPSA) is 15.3 Å². The lowest BCUT2D eigenvalue weighted by Crippen LogP contribution is -2.52. The summed E-state index contributed by atoms with van der Waals surface area (Å²) in [6.07, 6.45) is 1.07. The fourth-order valence-corrected chi connectivity index (χ4v) is 3.47. The molecule has 0 heterocycles. The molecule has 0 fully saturated rings. The van der Waals surface area contributed by atoms with Gasteiger partial charge in [-0.05, 0) is 19.5 Å². The van der Waals surface area contributed by atoms with E-state index in [0.717, 1.165) is 31.9 Å². The average Bonchev–Trinajstić information content (AvgIpc) is 2.11. The largest absolute Gasteiger partial charge is 0.334 e. The summed E-state index contributed by atoms with van der Waals surface area (Å²) >= 11 is 5.85. The molecular formula is C11H27ClN2Si. The van der Waals surface area contributed by atoms with E-state index in [2.05, 4.69) is 43.4 Å². The molecule has 0 amide bonds. The minimum atomic E-state index is -1.19. The van der Waals surface area contributed by atoms with Crippen LogP contribution in [0, 0.1) is 0 Å². The third-order valence-electron chi connectivity index (χ3n) is 2.47. The highest BCUT2D eigenvalue weighted by atomic mass is 35.5. The number of nitrogens with zero attached hydrogens (tertiary/aromatic N) is 1. The normalized spacial score (nSPS) is 14.6. The molecule has 1 unspecified atom stereocenters. The van der Waals surface area contributed by atoms with Gasteiger partial charge in [0, 0.05) is 18.5 Å². The van der Waals surface area contributed by atoms with Gasteiger partial charge in [-0.25, -0.2) is 0 Å². The molecule has 0 aromatic rings. The monoisotopic (exact) mass is 250 g/mol. The molecule has 15 heavy (non-hydrogen) atoms. The summed E-state index contributed by atoms with van der Waals surface area (Å²) in [6, 6.07) is 0.564. The molecule has 0 aromatic carbocycles. The molecule has 0 saturated heterocycles. The van der Waals surface area contributed by atoms with Crippen molar-refractivity contribution in [3.05, 3.63) is 0 Å². The zero-order chi connectivity index (χ0) is 11.9. The Kier molecular flexibility index (Phi) is 7.88. The maximum atomic E-state index is 5.85. The quantitative estimate of drug-likeness (QED) is 0.527. The van der Waals surface area contributed by atoms with E-state index in [1.165, 1.54) is 0 Å². The molecule has 0 bridgehead atoms. The molecule has 0 radical (unpaired) electrons. The van der Waals surface area contributed by atoms with E-state index in [1.54, 1.807) is 0 Å². The fraction of sp³-hybridized carbons (Fsp3) is 1.00. The summed E-state index contributed by atoms with van der Waals surface area (Å²) in [5.41, 5.74) is 0. The van der Waals surface area contributed by atoms with Gasteiger partial charge in [0.2, 0.25) is 0 Å². The number of hydrogen-bond acceptors (Lipinski definition) is 2. The summed E-state index contributed by atoms with van der Waals surface area (Å²) < 4.78 is 0. The highest BCUT2D eigenvalue weighted by Gasteiger charge is 2.20. The second kappa shape index (κ2) is 7.66. The minimum Gasteiger partial charge on any atom is -0.334 e. The van der Waals surface area contributed by atoms with E-state index in [4.69, 9.17) is 11.6 Å². The van der Waals surface area contributed by atoms with E-state index in [0.29, 0.717) is 6.04 Å². The first-order valence-corrected chi connectivity index (χ1v) is 10.0. The molecule has 92 valence electrons. The van der Waals surface area contributed by atoms with Crippen LogP contribution in [0.1, 0.15) is 20.3 Å². The Morgan fingerprint density at radius 3 is 2.07 bits per heavy atom. The highest BCUT2D eigenvalue weighted by molar-refractivity contribution is 6.73. The van der Waals surface area contributed by atoms with Crippen LogP contribution < -0.4 is 4.98 Å². The summed E-state index contributed by atoms with van der Waals surface area (Å²) in [5.74, 6) is 0.753. The van der Waals surface area contributed by atoms with Crippen LogP contribution in [0.25, 0.3) is 0 Å². The molecule has 0 aliphatic carbocycles. The maximum Gasteiger partial charge on any atom is 0.116 e. The number of likely N-dealkylation sites (N-methyl/N-ethyl adjacent to an activating group) is 1. The minimum absolute atomic E-state index is 0.564. The van der Waals surface area contributed by atoms with Gasteiger partial charge in [0.05, 0.1) is 0 Å². The Labute approximate surface area is 101 Å². The molecule has 4 heteroatoms. The van der Waals surface area contributed by atoms with Crippen LogP contribution >= 0.6 is 11.6 Å². The summed E-state index contributed by atoms with van der Waals surface area (Å²) in [6.45, 7) is 14.9. The predicted molar refractivity (Wildman–Crippen MR) is 73.4 cm³/mol. The molecule has 2 nitrogen and oxygen atoms in total. The SMILES string of the molecule is CCN(CC)CC(CCCl)N[Si](C)(C)C. The van der Waals surface area contributed by atoms with Crippen molar-refractivity contribution in [1.29, 1.82) is 0 Å². The molecule has 1 atom stereocenters. The molecule has 0 aliphatic heterocycles. The van der Waals surface area contributed by atoms with Gasteiger partial charge in [-0.2, -0.15) is 0 Å². The number of rotatable bonds is 8. The van der Waals surface area contributed by atoms with E-state index >= 15 is 0 Å². The predicted octanol–water partition coefficient (Wildman–Crippen LogP) is 2.75. The lowest BCUT2D eigenvalue weighted by molar-refractivity contribution is 0.273. The molecule has 0 aromatic heterocycles. The first-order valence-electron chi connectivity index (χ1n) is 5.99.